The summed E-state index contributed by atoms with van der Waals surface area (Å²) in [5.74, 6) is 0. The minimum absolute atomic E-state index is 0. The maximum absolute atomic E-state index is 0. The molecule has 0 fully saturated rings. The molecule has 0 aromatic carbocycles. The van der Waals surface area contributed by atoms with E-state index in [9.17, 15) is 0 Å². The van der Waals surface area contributed by atoms with Gasteiger partial charge in [0.2, 0.25) is 0 Å². The second kappa shape index (κ2) is 188. The van der Waals surface area contributed by atoms with E-state index in [0.717, 1.165) is 0 Å². The third kappa shape index (κ3) is 180. The molecule has 0 heterocycles. The van der Waals surface area contributed by atoms with Crippen LogP contribution in [0.15, 0.2) is 0 Å². The van der Waals surface area contributed by atoms with Gasteiger partial charge in [0.15, 0.2) is 0 Å². The van der Waals surface area contributed by atoms with E-state index in [0.29, 0.717) is 0 Å². The van der Waals surface area contributed by atoms with Crippen molar-refractivity contribution in [1.29, 1.82) is 0 Å². The Morgan fingerprint density at radius 1 is 1.04 bits per heavy atom. The quantitative estimate of drug-likeness (QED) is 0.212. The fraction of sp³-hybridized carbons (Fsp3) is 0. The molecule has 0 aliphatic rings. The Balaban J connectivity index is 0. The smallest absolute Gasteiger partial charge is 1.00 e. The number of hydrogen-bond donors (Lipinski definition) is 0. The molecule has 0 saturated carbocycles. The normalized spacial score (nSPS) is 0. The standard InChI is InChI=1S/Ac.Al.Ba.Ca.Cr.Cs.Ga.Ge.Hf.In.Mg.Mn.Mo.Nb.Rb.Re.Sc.Si.Sn.Sr.Ta.Ti.V.Y.Zr.10H/q;;2*+2;;+1;;;;;+2;;;;+1;;;;;+2;;;;;;10*-1. The molecular formula is H10AcAlBaCaCrCsGaGeHfInMgMnMoNbRbReScSiSnSrTaTiVYZr. The van der Waals surface area contributed by atoms with Crippen molar-refractivity contribution in [1.82, 2.24) is 0 Å². The van der Waals surface area contributed by atoms with Gasteiger partial charge in [-0.2, -0.15) is 0 Å². The molecule has 0 amide bonds. The van der Waals surface area contributed by atoms with E-state index in [-0.39, 0.29) is 728 Å². The average molecular weight is 2340 g/mol. The Bertz CT molecular complexity index is 146. The molecule has 0 aromatic rings. The minimum Gasteiger partial charge on any atom is -1.00 e. The van der Waals surface area contributed by atoms with Gasteiger partial charge in [-0.25, -0.2) is 0 Å². The second-order valence-corrected chi connectivity index (χ2v) is 0. The van der Waals surface area contributed by atoms with Crippen LogP contribution >= 0.6 is 0 Å². The fourth-order valence-corrected chi connectivity index (χ4v) is 0. The molecule has 0 unspecified atom stereocenters. The van der Waals surface area contributed by atoms with Crippen molar-refractivity contribution in [3.8, 4) is 0 Å². The van der Waals surface area contributed by atoms with E-state index >= 15 is 0 Å². The summed E-state index contributed by atoms with van der Waals surface area (Å²) in [6.07, 6.45) is 0. The predicted molar refractivity (Wildman–Crippen MR) is 68.7 cm³/mol. The molecule has 0 N–H and O–H groups in total. The van der Waals surface area contributed by atoms with Crippen LogP contribution in [0.25, 0.3) is 0 Å². The zero-order valence-corrected chi connectivity index (χ0v) is 80.8. The molecule has 0 bridgehead atoms. The maximum atomic E-state index is 0. The van der Waals surface area contributed by atoms with E-state index in [1.165, 1.54) is 0 Å². The molecule has 0 rings (SSSR count). The molecule has 0 aliphatic heterocycles. The van der Waals surface area contributed by atoms with Crippen LogP contribution < -0.4 is 127 Å². The van der Waals surface area contributed by atoms with Crippen molar-refractivity contribution in [2.45, 2.75) is 0 Å². The van der Waals surface area contributed by atoms with Crippen molar-refractivity contribution in [2.24, 2.45) is 0 Å². The maximum Gasteiger partial charge on any atom is 2.00 e. The van der Waals surface area contributed by atoms with Gasteiger partial charge in [0.1, 0.15) is 0 Å². The molecule has 103 valence electrons. The van der Waals surface area contributed by atoms with E-state index in [1.807, 2.05) is 0 Å². The van der Waals surface area contributed by atoms with E-state index in [4.69, 9.17) is 0 Å². The third-order valence-corrected chi connectivity index (χ3v) is 0. The molecule has 0 nitrogen and oxygen atoms in total. The van der Waals surface area contributed by atoms with E-state index in [2.05, 4.69) is 0 Å². The van der Waals surface area contributed by atoms with Crippen molar-refractivity contribution < 1.29 is 457 Å². The minimum atomic E-state index is 0. The Morgan fingerprint density at radius 3 is 1.04 bits per heavy atom. The molecular weight excluding hydrogens is 2330 g/mol. The van der Waals surface area contributed by atoms with Gasteiger partial charge in [-0.15, -0.1) is 0 Å². The Kier molecular flexibility index (Phi) is 1520. The molecule has 0 aromatic heterocycles. The zero-order chi connectivity index (χ0) is 0. The van der Waals surface area contributed by atoms with Crippen LogP contribution in [0.4, 0.5) is 0 Å². The Morgan fingerprint density at radius 2 is 1.04 bits per heavy atom. The van der Waals surface area contributed by atoms with Crippen LogP contribution in [-0.4, -0.2) is 271 Å². The second-order valence-electron chi connectivity index (χ2n) is 0. The van der Waals surface area contributed by atoms with Crippen LogP contribution in [-0.2, 0) is 272 Å². The predicted octanol–water partition coefficient (Wildman–Crippen LogP) is -8.71. The van der Waals surface area contributed by atoms with Gasteiger partial charge in [0, 0.05) is 431 Å². The van der Waals surface area contributed by atoms with Gasteiger partial charge in [-0.3, -0.25) is 0 Å². The zero-order valence-electron chi connectivity index (χ0n) is 24.2. The van der Waals surface area contributed by atoms with Crippen molar-refractivity contribution in [3.63, 3.8) is 0 Å². The molecule has 25 heavy (non-hydrogen) atoms. The first-order valence-corrected chi connectivity index (χ1v) is 0. The SMILES string of the molecule is [Ac].[Al].[Ba+2].[Ca+2].[Cr].[Cs+].[Ga].[Ge].[H-].[H-].[H-].[H-].[H-].[H-].[H-].[H-].[H-].[H-].[Hf].[In].[Mg+2].[Mn].[Mo].[Nb].[Rb+].[Re].[Sc].[Si].[Sn].[Sr+2].[Ta].[Ti].[V].[Y].[Zr]. The Labute approximate surface area is 701 Å². The van der Waals surface area contributed by atoms with Crippen LogP contribution in [0.2, 0.25) is 0 Å². The first-order chi connectivity index (χ1) is 0. The van der Waals surface area contributed by atoms with Gasteiger partial charge in [0.25, 0.3) is 0 Å². The summed E-state index contributed by atoms with van der Waals surface area (Å²) >= 11 is 0. The third-order valence-electron chi connectivity index (χ3n) is 0. The average Bonchev–Trinajstić information content (AvgIpc) is 0. The summed E-state index contributed by atoms with van der Waals surface area (Å²) in [5, 5.41) is 0. The van der Waals surface area contributed by atoms with Gasteiger partial charge in [-0.05, 0) is 0 Å². The van der Waals surface area contributed by atoms with Crippen LogP contribution in [0.3, 0.4) is 0 Å². The molecule has 0 spiro atoms. The van der Waals surface area contributed by atoms with Gasteiger partial charge >= 0.3 is 282 Å². The molecule has 0 atom stereocenters. The number of hydrogen-bond acceptors (Lipinski definition) is 0. The van der Waals surface area contributed by atoms with Gasteiger partial charge in [0.05, 0.1) is 0 Å². The first-order valence-electron chi connectivity index (χ1n) is 0. The molecule has 25 heteroatoms. The van der Waals surface area contributed by atoms with Crippen molar-refractivity contribution >= 4 is 271 Å². The Hall–Kier alpha value is 22.9. The summed E-state index contributed by atoms with van der Waals surface area (Å²) < 4.78 is 0. The van der Waals surface area contributed by atoms with Crippen LogP contribution in [0.5, 0.6) is 0 Å². The van der Waals surface area contributed by atoms with Crippen molar-refractivity contribution in [3.05, 3.63) is 0 Å². The van der Waals surface area contributed by atoms with Gasteiger partial charge in [-0.1, -0.05) is 0 Å². The molecule has 0 saturated heterocycles. The molecule has 29 radical (unpaired) electrons. The van der Waals surface area contributed by atoms with E-state index < -0.39 is 0 Å². The first kappa shape index (κ1) is 201. The summed E-state index contributed by atoms with van der Waals surface area (Å²) in [7, 11) is 0. The van der Waals surface area contributed by atoms with Crippen LogP contribution in [0, 0.1) is 44.1 Å². The summed E-state index contributed by atoms with van der Waals surface area (Å²) in [6.45, 7) is 0. The summed E-state index contributed by atoms with van der Waals surface area (Å²) in [6, 6.07) is 0. The summed E-state index contributed by atoms with van der Waals surface area (Å²) in [4.78, 5) is 0. The largest absolute Gasteiger partial charge is 2.00 e. The van der Waals surface area contributed by atoms with Crippen molar-refractivity contribution in [2.75, 3.05) is 0 Å². The van der Waals surface area contributed by atoms with E-state index in [1.54, 1.807) is 0 Å². The number of rotatable bonds is 0. The molecule has 0 aliphatic carbocycles. The fourth-order valence-electron chi connectivity index (χ4n) is 0. The topological polar surface area (TPSA) is 0 Å². The summed E-state index contributed by atoms with van der Waals surface area (Å²) in [5.41, 5.74) is 0. The monoisotopic (exact) mass is 2350 g/mol. The van der Waals surface area contributed by atoms with Crippen LogP contribution in [0.1, 0.15) is 14.3 Å². The van der Waals surface area contributed by atoms with Gasteiger partial charge < -0.3 is 14.3 Å².